The van der Waals surface area contributed by atoms with Gasteiger partial charge in [-0.2, -0.15) is 0 Å². The zero-order valence-electron chi connectivity index (χ0n) is 17.7. The first-order chi connectivity index (χ1) is 12.6. The monoisotopic (exact) mass is 384 g/mol. The fraction of sp³-hybridized carbons (Fsp3) is 0.850. The SMILES string of the molecule is CCCCOC(=O)[C@@H]1CCCN1C(=O)C(NC(=O)OC(C)(C)C)C(C)CC. The fourth-order valence-electron chi connectivity index (χ4n) is 2.99. The topological polar surface area (TPSA) is 84.9 Å². The molecule has 1 fully saturated rings. The molecule has 27 heavy (non-hydrogen) atoms. The van der Waals surface area contributed by atoms with Crippen molar-refractivity contribution in [1.29, 1.82) is 0 Å². The van der Waals surface area contributed by atoms with Crippen molar-refractivity contribution in [2.24, 2.45) is 5.92 Å². The van der Waals surface area contributed by atoms with Gasteiger partial charge in [-0.1, -0.05) is 33.6 Å². The Balaban J connectivity index is 2.84. The third kappa shape index (κ3) is 7.39. The summed E-state index contributed by atoms with van der Waals surface area (Å²) in [5, 5.41) is 2.71. The molecule has 0 aromatic carbocycles. The van der Waals surface area contributed by atoms with E-state index in [1.807, 2.05) is 20.8 Å². The van der Waals surface area contributed by atoms with E-state index in [0.29, 0.717) is 26.0 Å². The maximum absolute atomic E-state index is 13.1. The summed E-state index contributed by atoms with van der Waals surface area (Å²) in [6.07, 6.45) is 3.18. The first-order valence-electron chi connectivity index (χ1n) is 10.1. The van der Waals surface area contributed by atoms with Gasteiger partial charge in [-0.05, 0) is 46.0 Å². The molecule has 0 aliphatic carbocycles. The molecule has 7 nitrogen and oxygen atoms in total. The van der Waals surface area contributed by atoms with Crippen molar-refractivity contribution in [3.8, 4) is 0 Å². The van der Waals surface area contributed by atoms with Gasteiger partial charge in [-0.3, -0.25) is 4.79 Å². The third-order valence-electron chi connectivity index (χ3n) is 4.70. The van der Waals surface area contributed by atoms with Crippen LogP contribution in [0.5, 0.6) is 0 Å². The van der Waals surface area contributed by atoms with E-state index in [9.17, 15) is 14.4 Å². The van der Waals surface area contributed by atoms with Crippen LogP contribution in [-0.2, 0) is 19.1 Å². The summed E-state index contributed by atoms with van der Waals surface area (Å²) in [5.74, 6) is -0.679. The second-order valence-corrected chi connectivity index (χ2v) is 8.22. The Morgan fingerprint density at radius 3 is 2.44 bits per heavy atom. The van der Waals surface area contributed by atoms with Gasteiger partial charge in [0.15, 0.2) is 0 Å². The first-order valence-corrected chi connectivity index (χ1v) is 10.1. The van der Waals surface area contributed by atoms with E-state index >= 15 is 0 Å². The highest BCUT2D eigenvalue weighted by atomic mass is 16.6. The Labute approximate surface area is 163 Å². The normalized spacial score (nSPS) is 19.3. The number of likely N-dealkylation sites (tertiary alicyclic amines) is 1. The van der Waals surface area contributed by atoms with Crippen molar-refractivity contribution in [1.82, 2.24) is 10.2 Å². The standard InChI is InChI=1S/C20H36N2O5/c1-7-9-13-26-18(24)15-11-10-12-22(15)17(23)16(14(3)8-2)21-19(25)27-20(4,5)6/h14-16H,7-13H2,1-6H3,(H,21,25)/t14?,15-,16?/m0/s1. The molecule has 0 bridgehead atoms. The highest BCUT2D eigenvalue weighted by Crippen LogP contribution is 2.22. The summed E-state index contributed by atoms with van der Waals surface area (Å²) in [6, 6.07) is -1.30. The van der Waals surface area contributed by atoms with Crippen LogP contribution in [0.25, 0.3) is 0 Å². The maximum Gasteiger partial charge on any atom is 0.408 e. The lowest BCUT2D eigenvalue weighted by atomic mass is 9.97. The number of nitrogens with zero attached hydrogens (tertiary/aromatic N) is 1. The van der Waals surface area contributed by atoms with Crippen LogP contribution in [0.15, 0.2) is 0 Å². The average Bonchev–Trinajstić information content (AvgIpc) is 3.06. The van der Waals surface area contributed by atoms with Crippen molar-refractivity contribution in [2.75, 3.05) is 13.2 Å². The molecule has 1 aliphatic heterocycles. The Bertz CT molecular complexity index is 515. The maximum atomic E-state index is 13.1. The Kier molecular flexibility index (Phi) is 9.06. The summed E-state index contributed by atoms with van der Waals surface area (Å²) in [4.78, 5) is 39.3. The summed E-state index contributed by atoms with van der Waals surface area (Å²) < 4.78 is 10.6. The summed E-state index contributed by atoms with van der Waals surface area (Å²) in [6.45, 7) is 12.1. The smallest absolute Gasteiger partial charge is 0.408 e. The molecular formula is C20H36N2O5. The highest BCUT2D eigenvalue weighted by molar-refractivity contribution is 5.90. The molecule has 2 unspecified atom stereocenters. The average molecular weight is 385 g/mol. The van der Waals surface area contributed by atoms with Crippen molar-refractivity contribution in [2.45, 2.75) is 91.3 Å². The zero-order chi connectivity index (χ0) is 20.6. The van der Waals surface area contributed by atoms with Crippen LogP contribution < -0.4 is 5.32 Å². The molecule has 7 heteroatoms. The molecule has 1 rings (SSSR count). The lowest BCUT2D eigenvalue weighted by molar-refractivity contribution is -0.154. The molecule has 1 N–H and O–H groups in total. The van der Waals surface area contributed by atoms with Crippen LogP contribution in [0.4, 0.5) is 4.79 Å². The molecule has 0 saturated carbocycles. The number of nitrogens with one attached hydrogen (secondary N) is 1. The molecule has 1 heterocycles. The number of esters is 1. The number of amides is 2. The summed E-state index contributed by atoms with van der Waals surface area (Å²) in [7, 11) is 0. The number of hydrogen-bond acceptors (Lipinski definition) is 5. The quantitative estimate of drug-likeness (QED) is 0.513. The van der Waals surface area contributed by atoms with Gasteiger partial charge in [-0.25, -0.2) is 9.59 Å². The van der Waals surface area contributed by atoms with E-state index in [1.165, 1.54) is 0 Å². The van der Waals surface area contributed by atoms with Crippen molar-refractivity contribution < 1.29 is 23.9 Å². The van der Waals surface area contributed by atoms with Gasteiger partial charge < -0.3 is 19.7 Å². The van der Waals surface area contributed by atoms with Crippen LogP contribution in [0, 0.1) is 5.92 Å². The van der Waals surface area contributed by atoms with Gasteiger partial charge in [0, 0.05) is 6.54 Å². The Hall–Kier alpha value is -1.79. The number of carbonyl (C=O) groups excluding carboxylic acids is 3. The largest absolute Gasteiger partial charge is 0.464 e. The number of ether oxygens (including phenoxy) is 2. The van der Waals surface area contributed by atoms with Crippen LogP contribution in [0.3, 0.4) is 0 Å². The Morgan fingerprint density at radius 1 is 1.22 bits per heavy atom. The summed E-state index contributed by atoms with van der Waals surface area (Å²) in [5.41, 5.74) is -0.646. The number of alkyl carbamates (subject to hydrolysis) is 1. The van der Waals surface area contributed by atoms with Crippen LogP contribution >= 0.6 is 0 Å². The minimum absolute atomic E-state index is 0.0811. The summed E-state index contributed by atoms with van der Waals surface area (Å²) >= 11 is 0. The van der Waals surface area contributed by atoms with Gasteiger partial charge in [0.2, 0.25) is 5.91 Å². The lowest BCUT2D eigenvalue weighted by Crippen LogP contribution is -2.55. The van der Waals surface area contributed by atoms with E-state index < -0.39 is 23.8 Å². The van der Waals surface area contributed by atoms with Gasteiger partial charge in [0.25, 0.3) is 0 Å². The molecule has 0 radical (unpaired) electrons. The molecular weight excluding hydrogens is 348 g/mol. The number of hydrogen-bond donors (Lipinski definition) is 1. The fourth-order valence-corrected chi connectivity index (χ4v) is 2.99. The number of unbranched alkanes of at least 4 members (excludes halogenated alkanes) is 1. The van der Waals surface area contributed by atoms with Crippen LogP contribution in [0.2, 0.25) is 0 Å². The lowest BCUT2D eigenvalue weighted by Gasteiger charge is -2.31. The minimum Gasteiger partial charge on any atom is -0.464 e. The second kappa shape index (κ2) is 10.5. The molecule has 3 atom stereocenters. The molecule has 2 amide bonds. The van der Waals surface area contributed by atoms with E-state index in [2.05, 4.69) is 5.32 Å². The molecule has 0 spiro atoms. The third-order valence-corrected chi connectivity index (χ3v) is 4.70. The number of rotatable bonds is 8. The van der Waals surface area contributed by atoms with E-state index in [-0.39, 0.29) is 17.8 Å². The molecule has 1 saturated heterocycles. The van der Waals surface area contributed by atoms with Gasteiger partial charge in [0.1, 0.15) is 17.7 Å². The number of carbonyl (C=O) groups is 3. The highest BCUT2D eigenvalue weighted by Gasteiger charge is 2.40. The first kappa shape index (κ1) is 23.2. The predicted octanol–water partition coefficient (Wildman–Crippen LogP) is 3.26. The van der Waals surface area contributed by atoms with Gasteiger partial charge in [-0.15, -0.1) is 0 Å². The van der Waals surface area contributed by atoms with Gasteiger partial charge in [0.05, 0.1) is 6.61 Å². The molecule has 0 aromatic heterocycles. The van der Waals surface area contributed by atoms with Crippen molar-refractivity contribution >= 4 is 18.0 Å². The van der Waals surface area contributed by atoms with E-state index in [4.69, 9.17) is 9.47 Å². The Morgan fingerprint density at radius 2 is 1.89 bits per heavy atom. The molecule has 156 valence electrons. The van der Waals surface area contributed by atoms with Crippen molar-refractivity contribution in [3.05, 3.63) is 0 Å². The van der Waals surface area contributed by atoms with Gasteiger partial charge >= 0.3 is 12.1 Å². The van der Waals surface area contributed by atoms with E-state index in [1.54, 1.807) is 25.7 Å². The zero-order valence-corrected chi connectivity index (χ0v) is 17.7. The predicted molar refractivity (Wildman–Crippen MR) is 103 cm³/mol. The second-order valence-electron chi connectivity index (χ2n) is 8.22. The van der Waals surface area contributed by atoms with Crippen LogP contribution in [0.1, 0.15) is 73.6 Å². The van der Waals surface area contributed by atoms with E-state index in [0.717, 1.165) is 19.3 Å². The van der Waals surface area contributed by atoms with Crippen LogP contribution in [-0.4, -0.2) is 53.7 Å². The minimum atomic E-state index is -0.728. The molecule has 0 aromatic rings. The van der Waals surface area contributed by atoms with Crippen molar-refractivity contribution in [3.63, 3.8) is 0 Å². The molecule has 1 aliphatic rings.